The molecule has 0 saturated heterocycles. The number of hydrogen-bond donors (Lipinski definition) is 1. The van der Waals surface area contributed by atoms with Gasteiger partial charge >= 0.3 is 23.9 Å². The minimum atomic E-state index is -1.08. The summed E-state index contributed by atoms with van der Waals surface area (Å²) < 4.78 is 22.3. The summed E-state index contributed by atoms with van der Waals surface area (Å²) in [4.78, 5) is 47.7. The Bertz CT molecular complexity index is 1350. The van der Waals surface area contributed by atoms with E-state index >= 15 is 0 Å². The highest BCUT2D eigenvalue weighted by molar-refractivity contribution is 5.92. The van der Waals surface area contributed by atoms with Gasteiger partial charge in [0.15, 0.2) is 0 Å². The van der Waals surface area contributed by atoms with E-state index in [1.54, 1.807) is 52.0 Å². The quantitative estimate of drug-likeness (QED) is 0.234. The van der Waals surface area contributed by atoms with E-state index in [-0.39, 0.29) is 24.2 Å². The molecule has 9 nitrogen and oxygen atoms in total. The molecule has 9 heteroatoms. The lowest BCUT2D eigenvalue weighted by Gasteiger charge is -2.40. The first-order chi connectivity index (χ1) is 18.8. The van der Waals surface area contributed by atoms with Crippen LogP contribution in [0.15, 0.2) is 72.8 Å². The van der Waals surface area contributed by atoms with Gasteiger partial charge in [0, 0.05) is 0 Å². The number of carboxylic acid groups (broad SMARTS) is 1. The molecule has 0 spiro atoms. The number of benzene rings is 3. The average molecular weight is 549 g/mol. The predicted octanol–water partition coefficient (Wildman–Crippen LogP) is 5.78. The molecular weight excluding hydrogens is 516 g/mol. The fraction of sp³-hybridized carbons (Fsp3) is 0.290. The molecule has 0 radical (unpaired) electrons. The van der Waals surface area contributed by atoms with Crippen LogP contribution in [0.25, 0.3) is 0 Å². The summed E-state index contributed by atoms with van der Waals surface area (Å²) in [6.07, 6.45) is -0.563. The van der Waals surface area contributed by atoms with E-state index in [2.05, 4.69) is 0 Å². The summed E-state index contributed by atoms with van der Waals surface area (Å²) in [6, 6.07) is 19.4. The standard InChI is InChI=1S/C31H32O9/c1-20-6-8-21(9-7-20)28(35)37-23-14-16-24(17-15-23)38-29(36)22-10-12-25(13-11-22)39-30(2,3)31(4,5)40-27(34)19-18-26(32)33/h6-17H,18-19H2,1-5H3,(H,32,33). The third-order valence-electron chi connectivity index (χ3n) is 6.36. The third-order valence-corrected chi connectivity index (χ3v) is 6.36. The first-order valence-electron chi connectivity index (χ1n) is 12.6. The average Bonchev–Trinajstić information content (AvgIpc) is 2.89. The van der Waals surface area contributed by atoms with Gasteiger partial charge in [-0.25, -0.2) is 9.59 Å². The Morgan fingerprint density at radius 2 is 1.05 bits per heavy atom. The maximum absolute atomic E-state index is 12.6. The van der Waals surface area contributed by atoms with Crippen molar-refractivity contribution in [2.45, 2.75) is 58.7 Å². The summed E-state index contributed by atoms with van der Waals surface area (Å²) in [5.74, 6) is -1.80. The van der Waals surface area contributed by atoms with Gasteiger partial charge in [-0.2, -0.15) is 0 Å². The highest BCUT2D eigenvalue weighted by Crippen LogP contribution is 2.32. The van der Waals surface area contributed by atoms with Crippen molar-refractivity contribution >= 4 is 23.9 Å². The van der Waals surface area contributed by atoms with E-state index in [4.69, 9.17) is 24.1 Å². The van der Waals surface area contributed by atoms with Crippen LogP contribution >= 0.6 is 0 Å². The van der Waals surface area contributed by atoms with Crippen molar-refractivity contribution in [2.75, 3.05) is 0 Å². The zero-order valence-corrected chi connectivity index (χ0v) is 23.1. The second-order valence-electron chi connectivity index (χ2n) is 10.1. The first-order valence-corrected chi connectivity index (χ1v) is 12.6. The molecule has 1 N–H and O–H groups in total. The fourth-order valence-electron chi connectivity index (χ4n) is 3.34. The molecule has 3 rings (SSSR count). The van der Waals surface area contributed by atoms with Crippen LogP contribution in [0.4, 0.5) is 0 Å². The van der Waals surface area contributed by atoms with E-state index in [9.17, 15) is 19.2 Å². The molecule has 0 aliphatic rings. The molecular formula is C31H32O9. The minimum Gasteiger partial charge on any atom is -0.484 e. The smallest absolute Gasteiger partial charge is 0.343 e. The van der Waals surface area contributed by atoms with E-state index in [0.29, 0.717) is 17.1 Å². The Morgan fingerprint density at radius 3 is 1.50 bits per heavy atom. The van der Waals surface area contributed by atoms with E-state index in [0.717, 1.165) is 5.56 Å². The maximum Gasteiger partial charge on any atom is 0.343 e. The van der Waals surface area contributed by atoms with Crippen molar-refractivity contribution < 1.29 is 43.2 Å². The van der Waals surface area contributed by atoms with Crippen LogP contribution < -0.4 is 14.2 Å². The number of rotatable bonds is 11. The molecule has 3 aromatic carbocycles. The van der Waals surface area contributed by atoms with Gasteiger partial charge in [-0.1, -0.05) is 17.7 Å². The normalized spacial score (nSPS) is 11.3. The number of hydrogen-bond acceptors (Lipinski definition) is 8. The Morgan fingerprint density at radius 1 is 0.625 bits per heavy atom. The van der Waals surface area contributed by atoms with Crippen LogP contribution in [0.2, 0.25) is 0 Å². The maximum atomic E-state index is 12.6. The lowest BCUT2D eigenvalue weighted by molar-refractivity contribution is -0.177. The first kappa shape index (κ1) is 29.9. The Hall–Kier alpha value is -4.66. The highest BCUT2D eigenvalue weighted by atomic mass is 16.6. The molecule has 0 atom stereocenters. The highest BCUT2D eigenvalue weighted by Gasteiger charge is 2.43. The largest absolute Gasteiger partial charge is 0.484 e. The second kappa shape index (κ2) is 12.5. The van der Waals surface area contributed by atoms with Crippen molar-refractivity contribution in [2.24, 2.45) is 0 Å². The molecule has 0 bridgehead atoms. The predicted molar refractivity (Wildman–Crippen MR) is 146 cm³/mol. The molecule has 0 amide bonds. The van der Waals surface area contributed by atoms with Gasteiger partial charge < -0.3 is 24.1 Å². The van der Waals surface area contributed by atoms with Crippen LogP contribution in [-0.2, 0) is 14.3 Å². The van der Waals surface area contributed by atoms with Gasteiger partial charge in [-0.15, -0.1) is 0 Å². The molecule has 0 aliphatic heterocycles. The lowest BCUT2D eigenvalue weighted by Crippen LogP contribution is -2.52. The van der Waals surface area contributed by atoms with Crippen molar-refractivity contribution in [3.8, 4) is 17.2 Å². The zero-order valence-electron chi connectivity index (χ0n) is 23.1. The van der Waals surface area contributed by atoms with Crippen molar-refractivity contribution in [3.63, 3.8) is 0 Å². The van der Waals surface area contributed by atoms with Gasteiger partial charge in [0.25, 0.3) is 0 Å². The van der Waals surface area contributed by atoms with E-state index in [1.807, 2.05) is 19.1 Å². The number of esters is 3. The Kier molecular flexibility index (Phi) is 9.31. The van der Waals surface area contributed by atoms with Crippen molar-refractivity contribution in [1.29, 1.82) is 0 Å². The van der Waals surface area contributed by atoms with Crippen LogP contribution in [0, 0.1) is 6.92 Å². The summed E-state index contributed by atoms with van der Waals surface area (Å²) in [5.41, 5.74) is -0.331. The van der Waals surface area contributed by atoms with E-state index in [1.165, 1.54) is 36.4 Å². The molecule has 40 heavy (non-hydrogen) atoms. The summed E-state index contributed by atoms with van der Waals surface area (Å²) in [5, 5.41) is 8.76. The molecule has 0 fully saturated rings. The SMILES string of the molecule is Cc1ccc(C(=O)Oc2ccc(OC(=O)c3ccc(OC(C)(C)C(C)(C)OC(=O)CCC(=O)O)cc3)cc2)cc1. The van der Waals surface area contributed by atoms with Crippen molar-refractivity contribution in [3.05, 3.63) is 89.5 Å². The number of aliphatic carboxylic acids is 1. The molecule has 0 unspecified atom stereocenters. The number of aryl methyl sites for hydroxylation is 1. The summed E-state index contributed by atoms with van der Waals surface area (Å²) >= 11 is 0. The number of ether oxygens (including phenoxy) is 4. The topological polar surface area (TPSA) is 125 Å². The molecule has 3 aromatic rings. The molecule has 0 aromatic heterocycles. The van der Waals surface area contributed by atoms with Crippen LogP contribution in [-0.4, -0.2) is 40.2 Å². The second-order valence-corrected chi connectivity index (χ2v) is 10.1. The number of carboxylic acids is 1. The third kappa shape index (κ3) is 8.17. The number of carbonyl (C=O) groups is 4. The summed E-state index contributed by atoms with van der Waals surface area (Å²) in [7, 11) is 0. The fourth-order valence-corrected chi connectivity index (χ4v) is 3.34. The molecule has 0 saturated carbocycles. The summed E-state index contributed by atoms with van der Waals surface area (Å²) in [6.45, 7) is 8.75. The van der Waals surface area contributed by atoms with Gasteiger partial charge in [0.05, 0.1) is 24.0 Å². The van der Waals surface area contributed by atoms with Crippen LogP contribution in [0.1, 0.15) is 66.8 Å². The van der Waals surface area contributed by atoms with Gasteiger partial charge in [0.2, 0.25) is 0 Å². The van der Waals surface area contributed by atoms with E-state index < -0.39 is 35.1 Å². The zero-order chi connectivity index (χ0) is 29.5. The Labute approximate surface area is 232 Å². The van der Waals surface area contributed by atoms with Gasteiger partial charge in [-0.05, 0) is 95.3 Å². The van der Waals surface area contributed by atoms with Crippen LogP contribution in [0.5, 0.6) is 17.2 Å². The minimum absolute atomic E-state index is 0.243. The number of carbonyl (C=O) groups excluding carboxylic acids is 3. The lowest BCUT2D eigenvalue weighted by atomic mass is 9.89. The molecule has 0 heterocycles. The Balaban J connectivity index is 1.56. The molecule has 0 aliphatic carbocycles. The van der Waals surface area contributed by atoms with Gasteiger partial charge in [-0.3, -0.25) is 9.59 Å². The van der Waals surface area contributed by atoms with Gasteiger partial charge in [0.1, 0.15) is 28.5 Å². The monoisotopic (exact) mass is 548 g/mol. The van der Waals surface area contributed by atoms with Crippen LogP contribution in [0.3, 0.4) is 0 Å². The van der Waals surface area contributed by atoms with Crippen molar-refractivity contribution in [1.82, 2.24) is 0 Å². The molecule has 210 valence electrons.